The summed E-state index contributed by atoms with van der Waals surface area (Å²) in [6, 6.07) is 29.0. The molecule has 218 valence electrons. The monoisotopic (exact) mass is 591 g/mol. The Balaban J connectivity index is 1.32. The van der Waals surface area contributed by atoms with E-state index < -0.39 is 10.0 Å². The molecule has 0 aliphatic carbocycles. The van der Waals surface area contributed by atoms with Gasteiger partial charge in [0.2, 0.25) is 10.0 Å². The quantitative estimate of drug-likeness (QED) is 0.228. The van der Waals surface area contributed by atoms with E-state index >= 15 is 0 Å². The highest BCUT2D eigenvalue weighted by Crippen LogP contribution is 2.30. The number of nitriles is 1. The minimum atomic E-state index is -3.77. The number of fused-ring (bicyclic) bond motifs is 1. The average Bonchev–Trinajstić information content (AvgIpc) is 3.39. The lowest BCUT2D eigenvalue weighted by Gasteiger charge is -2.34. The molecule has 0 atom stereocenters. The molecule has 5 aromatic rings. The molecule has 0 unspecified atom stereocenters. The van der Waals surface area contributed by atoms with Crippen LogP contribution in [0.4, 0.5) is 0 Å². The van der Waals surface area contributed by atoms with E-state index in [4.69, 9.17) is 9.72 Å². The van der Waals surface area contributed by atoms with Crippen molar-refractivity contribution in [2.24, 2.45) is 0 Å². The molecule has 0 bridgehead atoms. The molecule has 1 fully saturated rings. The summed E-state index contributed by atoms with van der Waals surface area (Å²) in [5.74, 6) is 0.830. The second kappa shape index (κ2) is 12.0. The maximum Gasteiger partial charge on any atom is 0.244 e. The van der Waals surface area contributed by atoms with Gasteiger partial charge in [0.1, 0.15) is 17.5 Å². The van der Waals surface area contributed by atoms with Gasteiger partial charge in [-0.3, -0.25) is 4.90 Å². The molecule has 1 aliphatic rings. The largest absolute Gasteiger partial charge is 0.494 e. The van der Waals surface area contributed by atoms with Crippen LogP contribution in [0.25, 0.3) is 28.0 Å². The number of ether oxygens (including phenoxy) is 1. The zero-order valence-electron chi connectivity index (χ0n) is 24.3. The van der Waals surface area contributed by atoms with Crippen LogP contribution in [0.15, 0.2) is 96.0 Å². The predicted octanol–water partition coefficient (Wildman–Crippen LogP) is 5.75. The van der Waals surface area contributed by atoms with Crippen LogP contribution < -0.4 is 4.74 Å². The molecular formula is C34H33N5O3S. The Bertz CT molecular complexity index is 1920. The van der Waals surface area contributed by atoms with Gasteiger partial charge >= 0.3 is 0 Å². The van der Waals surface area contributed by atoms with Crippen molar-refractivity contribution in [2.75, 3.05) is 32.8 Å². The normalized spacial score (nSPS) is 14.5. The van der Waals surface area contributed by atoms with Crippen molar-refractivity contribution in [3.8, 4) is 34.2 Å². The molecule has 8 nitrogen and oxygen atoms in total. The van der Waals surface area contributed by atoms with Crippen LogP contribution in [0, 0.1) is 18.3 Å². The fraction of sp³-hybridized carbons (Fsp3) is 0.235. The number of hydrogen-bond acceptors (Lipinski definition) is 6. The minimum absolute atomic E-state index is 0.0651. The lowest BCUT2D eigenvalue weighted by Crippen LogP contribution is -2.48. The van der Waals surface area contributed by atoms with E-state index in [-0.39, 0.29) is 10.5 Å². The molecule has 0 saturated carbocycles. The van der Waals surface area contributed by atoms with Crippen LogP contribution in [0.3, 0.4) is 0 Å². The third-order valence-electron chi connectivity index (χ3n) is 7.85. The SMILES string of the molecule is CCOc1cccc(-c2ccc3nc(-c4ccc(C)cc4)c(CN4CCN(S(=O)(=O)c5ccccc5C#N)CC4)n3c2)c1. The Morgan fingerprint density at radius 2 is 1.63 bits per heavy atom. The summed E-state index contributed by atoms with van der Waals surface area (Å²) < 4.78 is 36.2. The number of imidazole rings is 1. The third kappa shape index (κ3) is 5.77. The number of pyridine rings is 1. The maximum absolute atomic E-state index is 13.4. The Morgan fingerprint density at radius 3 is 2.37 bits per heavy atom. The molecular weight excluding hydrogens is 558 g/mol. The van der Waals surface area contributed by atoms with Crippen LogP contribution in [-0.4, -0.2) is 59.8 Å². The summed E-state index contributed by atoms with van der Waals surface area (Å²) in [7, 11) is -3.77. The van der Waals surface area contributed by atoms with Crippen molar-refractivity contribution in [1.29, 1.82) is 5.26 Å². The Kier molecular flexibility index (Phi) is 8.00. The van der Waals surface area contributed by atoms with E-state index in [1.54, 1.807) is 18.2 Å². The van der Waals surface area contributed by atoms with Crippen LogP contribution in [0.5, 0.6) is 5.75 Å². The number of rotatable bonds is 8. The second-order valence-corrected chi connectivity index (χ2v) is 12.6. The zero-order chi connectivity index (χ0) is 30.0. The average molecular weight is 592 g/mol. The van der Waals surface area contributed by atoms with Gasteiger partial charge in [-0.05, 0) is 61.4 Å². The lowest BCUT2D eigenvalue weighted by molar-refractivity contribution is 0.180. The molecule has 1 aliphatic heterocycles. The number of hydrogen-bond donors (Lipinski definition) is 0. The molecule has 0 N–H and O–H groups in total. The van der Waals surface area contributed by atoms with Crippen LogP contribution in [0.1, 0.15) is 23.7 Å². The highest BCUT2D eigenvalue weighted by molar-refractivity contribution is 7.89. The van der Waals surface area contributed by atoms with E-state index in [0.717, 1.165) is 39.5 Å². The van der Waals surface area contributed by atoms with Crippen molar-refractivity contribution in [1.82, 2.24) is 18.6 Å². The Hall–Kier alpha value is -4.49. The van der Waals surface area contributed by atoms with Gasteiger partial charge in [0.15, 0.2) is 0 Å². The van der Waals surface area contributed by atoms with Gasteiger partial charge in [0, 0.05) is 44.5 Å². The van der Waals surface area contributed by atoms with E-state index in [1.807, 2.05) is 37.3 Å². The van der Waals surface area contributed by atoms with Gasteiger partial charge in [0.25, 0.3) is 0 Å². The fourth-order valence-electron chi connectivity index (χ4n) is 5.55. The zero-order valence-corrected chi connectivity index (χ0v) is 25.1. The van der Waals surface area contributed by atoms with Crippen molar-refractivity contribution in [2.45, 2.75) is 25.3 Å². The van der Waals surface area contributed by atoms with Gasteiger partial charge in [0.05, 0.1) is 28.5 Å². The molecule has 1 saturated heterocycles. The molecule has 3 heterocycles. The van der Waals surface area contributed by atoms with Gasteiger partial charge in [-0.15, -0.1) is 0 Å². The summed E-state index contributed by atoms with van der Waals surface area (Å²) in [5.41, 5.74) is 7.31. The summed E-state index contributed by atoms with van der Waals surface area (Å²) >= 11 is 0. The summed E-state index contributed by atoms with van der Waals surface area (Å²) in [6.45, 7) is 7.06. The first-order chi connectivity index (χ1) is 20.9. The molecule has 43 heavy (non-hydrogen) atoms. The number of benzene rings is 3. The van der Waals surface area contributed by atoms with Gasteiger partial charge < -0.3 is 9.14 Å². The van der Waals surface area contributed by atoms with Gasteiger partial charge in [-0.2, -0.15) is 9.57 Å². The van der Waals surface area contributed by atoms with Gasteiger partial charge in [-0.25, -0.2) is 13.4 Å². The Labute approximate surface area is 252 Å². The van der Waals surface area contributed by atoms with Gasteiger partial charge in [-0.1, -0.05) is 54.1 Å². The molecule has 0 amide bonds. The second-order valence-electron chi connectivity index (χ2n) is 10.7. The maximum atomic E-state index is 13.4. The minimum Gasteiger partial charge on any atom is -0.494 e. The number of aromatic nitrogens is 2. The number of nitrogens with zero attached hydrogens (tertiary/aromatic N) is 5. The highest BCUT2D eigenvalue weighted by atomic mass is 32.2. The smallest absolute Gasteiger partial charge is 0.244 e. The third-order valence-corrected chi connectivity index (χ3v) is 9.81. The lowest BCUT2D eigenvalue weighted by atomic mass is 10.1. The van der Waals surface area contributed by atoms with Crippen LogP contribution in [-0.2, 0) is 16.6 Å². The summed E-state index contributed by atoms with van der Waals surface area (Å²) in [5, 5.41) is 9.46. The molecule has 2 aromatic heterocycles. The fourth-order valence-corrected chi connectivity index (χ4v) is 7.12. The van der Waals surface area contributed by atoms with Crippen LogP contribution in [0.2, 0.25) is 0 Å². The van der Waals surface area contributed by atoms with E-state index in [1.165, 1.54) is 15.9 Å². The first kappa shape index (κ1) is 28.6. The molecule has 9 heteroatoms. The van der Waals surface area contributed by atoms with E-state index in [2.05, 4.69) is 58.8 Å². The number of piperazine rings is 1. The van der Waals surface area contributed by atoms with Crippen molar-refractivity contribution < 1.29 is 13.2 Å². The van der Waals surface area contributed by atoms with Crippen molar-refractivity contribution in [3.05, 3.63) is 108 Å². The van der Waals surface area contributed by atoms with Crippen molar-refractivity contribution >= 4 is 15.7 Å². The molecule has 0 radical (unpaired) electrons. The number of aryl methyl sites for hydroxylation is 1. The van der Waals surface area contributed by atoms with Crippen molar-refractivity contribution in [3.63, 3.8) is 0 Å². The molecule has 6 rings (SSSR count). The highest BCUT2D eigenvalue weighted by Gasteiger charge is 2.31. The molecule has 3 aromatic carbocycles. The first-order valence-corrected chi connectivity index (χ1v) is 15.8. The van der Waals surface area contributed by atoms with Crippen LogP contribution >= 0.6 is 0 Å². The summed E-state index contributed by atoms with van der Waals surface area (Å²) in [6.07, 6.45) is 2.12. The Morgan fingerprint density at radius 1 is 0.884 bits per heavy atom. The number of sulfonamides is 1. The first-order valence-electron chi connectivity index (χ1n) is 14.4. The summed E-state index contributed by atoms with van der Waals surface area (Å²) in [4.78, 5) is 7.38. The molecule has 0 spiro atoms. The predicted molar refractivity (Wildman–Crippen MR) is 167 cm³/mol. The van der Waals surface area contributed by atoms with E-state index in [0.29, 0.717) is 39.3 Å². The van der Waals surface area contributed by atoms with E-state index in [9.17, 15) is 13.7 Å². The standard InChI is InChI=1S/C34H33N5O3S/c1-3-42-30-9-6-8-27(21-30)29-15-16-33-36-34(26-13-11-25(2)12-14-26)31(39(33)23-29)24-37-17-19-38(20-18-37)43(40,41)32-10-5-4-7-28(32)22-35/h4-16,21,23H,3,17-20,24H2,1-2H3. The topological polar surface area (TPSA) is 90.9 Å².